The Morgan fingerprint density at radius 1 is 0.974 bits per heavy atom. The average molecular weight is 526 g/mol. The lowest BCUT2D eigenvalue weighted by Crippen LogP contribution is -2.61. The number of rotatable bonds is 5. The van der Waals surface area contributed by atoms with Crippen molar-refractivity contribution in [2.24, 2.45) is 11.8 Å². The number of benzene rings is 2. The fourth-order valence-corrected chi connectivity index (χ4v) is 4.29. The van der Waals surface area contributed by atoms with Crippen molar-refractivity contribution in [3.8, 4) is 5.75 Å². The van der Waals surface area contributed by atoms with Gasteiger partial charge in [0, 0.05) is 0 Å². The summed E-state index contributed by atoms with van der Waals surface area (Å²) in [5.41, 5.74) is 0.748. The van der Waals surface area contributed by atoms with Gasteiger partial charge in [0.15, 0.2) is 0 Å². The Kier molecular flexibility index (Phi) is 9.46. The molecule has 0 bridgehead atoms. The molecule has 2 aromatic carbocycles. The van der Waals surface area contributed by atoms with Crippen LogP contribution in [-0.4, -0.2) is 64.2 Å². The lowest BCUT2D eigenvalue weighted by Gasteiger charge is -2.34. The zero-order chi connectivity index (χ0) is 28.0. The molecule has 3 rings (SSSR count). The zero-order valence-electron chi connectivity index (χ0n) is 21.9. The summed E-state index contributed by atoms with van der Waals surface area (Å²) in [4.78, 5) is 52.5. The van der Waals surface area contributed by atoms with E-state index in [1.807, 2.05) is 30.3 Å². The standard InChI is InChI=1S/C28H35N3O7/c1-15(2)22-28(37)38-17(4)23(31-26(35)19-12-8-9-13-21(19)32)27(36)29-20(14-18-10-6-5-7-11-18)24(33)16(3)25(34)30-22/h5-13,15-17,20,22-24,32-33H,14H2,1-4H3,(H,29,36)(H,30,34)(H,31,35). The van der Waals surface area contributed by atoms with Crippen LogP contribution in [0.2, 0.25) is 0 Å². The summed E-state index contributed by atoms with van der Waals surface area (Å²) in [5, 5.41) is 29.3. The predicted octanol–water partition coefficient (Wildman–Crippen LogP) is 1.30. The van der Waals surface area contributed by atoms with Crippen molar-refractivity contribution in [2.75, 3.05) is 0 Å². The molecule has 5 N–H and O–H groups in total. The van der Waals surface area contributed by atoms with Crippen LogP contribution in [0.4, 0.5) is 0 Å². The number of aromatic hydroxyl groups is 1. The summed E-state index contributed by atoms with van der Waals surface area (Å²) in [6.45, 7) is 6.42. The maximum absolute atomic E-state index is 13.6. The highest BCUT2D eigenvalue weighted by Crippen LogP contribution is 2.19. The van der Waals surface area contributed by atoms with E-state index in [1.54, 1.807) is 26.0 Å². The van der Waals surface area contributed by atoms with Gasteiger partial charge in [-0.3, -0.25) is 14.4 Å². The first-order valence-corrected chi connectivity index (χ1v) is 12.6. The van der Waals surface area contributed by atoms with Gasteiger partial charge in [-0.25, -0.2) is 4.79 Å². The van der Waals surface area contributed by atoms with Crippen molar-refractivity contribution in [3.05, 3.63) is 65.7 Å². The molecular weight excluding hydrogens is 490 g/mol. The lowest BCUT2D eigenvalue weighted by molar-refractivity contribution is -0.157. The van der Waals surface area contributed by atoms with Crippen molar-refractivity contribution in [1.82, 2.24) is 16.0 Å². The third-order valence-corrected chi connectivity index (χ3v) is 6.67. The summed E-state index contributed by atoms with van der Waals surface area (Å²) in [6, 6.07) is 11.7. The quantitative estimate of drug-likeness (QED) is 0.369. The van der Waals surface area contributed by atoms with E-state index in [9.17, 15) is 29.4 Å². The normalized spacial score (nSPS) is 26.8. The number of esters is 1. The zero-order valence-corrected chi connectivity index (χ0v) is 21.9. The van der Waals surface area contributed by atoms with Crippen molar-refractivity contribution >= 4 is 23.7 Å². The van der Waals surface area contributed by atoms with Crippen LogP contribution in [0.5, 0.6) is 5.75 Å². The molecule has 204 valence electrons. The molecule has 0 aliphatic carbocycles. The highest BCUT2D eigenvalue weighted by molar-refractivity contribution is 6.00. The van der Waals surface area contributed by atoms with Crippen molar-refractivity contribution in [2.45, 2.75) is 64.4 Å². The molecule has 0 aromatic heterocycles. The summed E-state index contributed by atoms with van der Waals surface area (Å²) in [7, 11) is 0. The van der Waals surface area contributed by atoms with Gasteiger partial charge in [-0.2, -0.15) is 0 Å². The first kappa shape index (κ1) is 28.6. The van der Waals surface area contributed by atoms with Gasteiger partial charge in [-0.1, -0.05) is 63.2 Å². The number of cyclic esters (lactones) is 1. The van der Waals surface area contributed by atoms with Gasteiger partial charge < -0.3 is 30.9 Å². The first-order valence-electron chi connectivity index (χ1n) is 12.6. The van der Waals surface area contributed by atoms with Crippen LogP contribution in [0.1, 0.15) is 43.6 Å². The van der Waals surface area contributed by atoms with E-state index in [0.29, 0.717) is 0 Å². The highest BCUT2D eigenvalue weighted by atomic mass is 16.5. The van der Waals surface area contributed by atoms with Crippen molar-refractivity contribution in [1.29, 1.82) is 0 Å². The van der Waals surface area contributed by atoms with Crippen molar-refractivity contribution < 1.29 is 34.1 Å². The fraction of sp³-hybridized carbons (Fsp3) is 0.429. The number of amides is 3. The molecule has 1 heterocycles. The van der Waals surface area contributed by atoms with Gasteiger partial charge >= 0.3 is 5.97 Å². The second-order valence-electron chi connectivity index (χ2n) is 9.92. The summed E-state index contributed by atoms with van der Waals surface area (Å²) in [5.74, 6) is -4.42. The molecule has 6 unspecified atom stereocenters. The molecule has 6 atom stereocenters. The van der Waals surface area contributed by atoms with Gasteiger partial charge in [-0.05, 0) is 37.0 Å². The van der Waals surface area contributed by atoms with E-state index in [0.717, 1.165) is 5.56 Å². The molecule has 10 heteroatoms. The Bertz CT molecular complexity index is 1150. The predicted molar refractivity (Wildman–Crippen MR) is 139 cm³/mol. The van der Waals surface area contributed by atoms with E-state index in [4.69, 9.17) is 4.74 Å². The number of hydrogen-bond acceptors (Lipinski definition) is 7. The number of carbonyl (C=O) groups is 4. The third kappa shape index (κ3) is 6.89. The summed E-state index contributed by atoms with van der Waals surface area (Å²) < 4.78 is 5.56. The second kappa shape index (κ2) is 12.6. The van der Waals surface area contributed by atoms with E-state index >= 15 is 0 Å². The fourth-order valence-electron chi connectivity index (χ4n) is 4.29. The Morgan fingerprint density at radius 3 is 2.24 bits per heavy atom. The Labute approximate surface area is 221 Å². The highest BCUT2D eigenvalue weighted by Gasteiger charge is 2.39. The van der Waals surface area contributed by atoms with E-state index in [-0.39, 0.29) is 23.7 Å². The number of phenolic OH excluding ortho intramolecular Hbond substituents is 1. The summed E-state index contributed by atoms with van der Waals surface area (Å²) >= 11 is 0. The number of hydrogen-bond donors (Lipinski definition) is 5. The topological polar surface area (TPSA) is 154 Å². The van der Waals surface area contributed by atoms with Crippen LogP contribution in [0.15, 0.2) is 54.6 Å². The van der Waals surface area contributed by atoms with Crippen LogP contribution >= 0.6 is 0 Å². The van der Waals surface area contributed by atoms with Crippen LogP contribution in [0.25, 0.3) is 0 Å². The number of nitrogens with one attached hydrogen (secondary N) is 3. The van der Waals surface area contributed by atoms with Crippen LogP contribution in [-0.2, 0) is 25.5 Å². The number of ether oxygens (including phenoxy) is 1. The minimum absolute atomic E-state index is 0.0632. The smallest absolute Gasteiger partial charge is 0.329 e. The SMILES string of the molecule is CC(C)C1NC(=O)C(C)C(O)C(Cc2ccccc2)NC(=O)C(NC(=O)c2ccccc2O)C(C)OC1=O. The molecule has 2 aromatic rings. The minimum atomic E-state index is -1.37. The molecule has 0 saturated carbocycles. The summed E-state index contributed by atoms with van der Waals surface area (Å²) in [6.07, 6.45) is -2.26. The van der Waals surface area contributed by atoms with Gasteiger partial charge in [0.05, 0.1) is 23.6 Å². The first-order chi connectivity index (χ1) is 18.0. The molecule has 1 saturated heterocycles. The Balaban J connectivity index is 1.99. The number of para-hydroxylation sites is 1. The number of aliphatic hydroxyl groups is 1. The van der Waals surface area contributed by atoms with Crippen molar-refractivity contribution in [3.63, 3.8) is 0 Å². The monoisotopic (exact) mass is 525 g/mol. The third-order valence-electron chi connectivity index (χ3n) is 6.67. The average Bonchev–Trinajstić information content (AvgIpc) is 2.88. The molecule has 1 fully saturated rings. The molecule has 38 heavy (non-hydrogen) atoms. The lowest BCUT2D eigenvalue weighted by atomic mass is 9.91. The maximum Gasteiger partial charge on any atom is 0.329 e. The molecule has 10 nitrogen and oxygen atoms in total. The molecule has 0 spiro atoms. The molecule has 1 aliphatic heterocycles. The minimum Gasteiger partial charge on any atom is -0.507 e. The van der Waals surface area contributed by atoms with Gasteiger partial charge in [0.25, 0.3) is 5.91 Å². The van der Waals surface area contributed by atoms with Gasteiger partial charge in [0.1, 0.15) is 23.9 Å². The van der Waals surface area contributed by atoms with E-state index in [2.05, 4.69) is 16.0 Å². The molecule has 0 radical (unpaired) electrons. The molecule has 1 aliphatic rings. The molecule has 3 amide bonds. The van der Waals surface area contributed by atoms with E-state index in [1.165, 1.54) is 26.0 Å². The van der Waals surface area contributed by atoms with Crippen LogP contribution < -0.4 is 16.0 Å². The Hall–Kier alpha value is -3.92. The van der Waals surface area contributed by atoms with Crippen LogP contribution in [0, 0.1) is 11.8 Å². The largest absolute Gasteiger partial charge is 0.507 e. The number of aliphatic hydroxyl groups excluding tert-OH is 1. The second-order valence-corrected chi connectivity index (χ2v) is 9.92. The van der Waals surface area contributed by atoms with E-state index < -0.39 is 59.9 Å². The Morgan fingerprint density at radius 2 is 1.61 bits per heavy atom. The maximum atomic E-state index is 13.6. The van der Waals surface area contributed by atoms with Gasteiger partial charge in [0.2, 0.25) is 11.8 Å². The number of carbonyl (C=O) groups excluding carboxylic acids is 4. The van der Waals surface area contributed by atoms with Crippen LogP contribution in [0.3, 0.4) is 0 Å². The molecular formula is C28H35N3O7. The number of phenols is 1. The van der Waals surface area contributed by atoms with Gasteiger partial charge in [-0.15, -0.1) is 0 Å².